The van der Waals surface area contributed by atoms with Crippen molar-refractivity contribution in [3.8, 4) is 0 Å². The summed E-state index contributed by atoms with van der Waals surface area (Å²) in [5, 5.41) is -0.0840. The van der Waals surface area contributed by atoms with Gasteiger partial charge in [-0.05, 0) is 37.8 Å². The Bertz CT molecular complexity index is 348. The van der Waals surface area contributed by atoms with Gasteiger partial charge in [-0.2, -0.15) is 0 Å². The van der Waals surface area contributed by atoms with Crippen LogP contribution in [-0.4, -0.2) is 5.38 Å². The van der Waals surface area contributed by atoms with Crippen molar-refractivity contribution >= 4 is 11.6 Å². The lowest BCUT2D eigenvalue weighted by Gasteiger charge is -2.16. The van der Waals surface area contributed by atoms with Crippen LogP contribution in [0.15, 0.2) is 12.1 Å². The van der Waals surface area contributed by atoms with E-state index in [1.54, 1.807) is 13.8 Å². The number of halogens is 3. The first-order valence-electron chi connectivity index (χ1n) is 5.02. The molecule has 84 valence electrons. The molecule has 0 aromatic heterocycles. The fraction of sp³-hybridized carbons (Fsp3) is 0.500. The predicted octanol–water partition coefficient (Wildman–Crippen LogP) is 4.39. The maximum atomic E-state index is 13.7. The Balaban J connectivity index is 3.07. The van der Waals surface area contributed by atoms with Gasteiger partial charge in [-0.3, -0.25) is 0 Å². The van der Waals surface area contributed by atoms with Crippen LogP contribution >= 0.6 is 11.6 Å². The average molecular weight is 233 g/mol. The van der Waals surface area contributed by atoms with Gasteiger partial charge in [-0.15, -0.1) is 11.6 Å². The first-order valence-corrected chi connectivity index (χ1v) is 5.45. The Labute approximate surface area is 94.3 Å². The van der Waals surface area contributed by atoms with E-state index in [2.05, 4.69) is 0 Å². The van der Waals surface area contributed by atoms with Gasteiger partial charge in [0.15, 0.2) is 0 Å². The van der Waals surface area contributed by atoms with Crippen LogP contribution in [0, 0.1) is 18.6 Å². The Morgan fingerprint density at radius 3 is 2.40 bits per heavy atom. The molecular formula is C12H15ClF2. The van der Waals surface area contributed by atoms with Gasteiger partial charge >= 0.3 is 0 Å². The fourth-order valence-electron chi connectivity index (χ4n) is 1.74. The van der Waals surface area contributed by atoms with Crippen molar-refractivity contribution < 1.29 is 8.78 Å². The molecule has 0 heterocycles. The molecule has 15 heavy (non-hydrogen) atoms. The van der Waals surface area contributed by atoms with Crippen LogP contribution in [0.2, 0.25) is 0 Å². The standard InChI is InChI=1S/C12H15ClF2/c1-7-4-5-10(14)11(12(7)15)8(2)6-9(3)13/h4-5,8-9H,6H2,1-3H3. The lowest BCUT2D eigenvalue weighted by molar-refractivity contribution is 0.515. The number of alkyl halides is 1. The van der Waals surface area contributed by atoms with E-state index in [1.165, 1.54) is 12.1 Å². The third-order valence-electron chi connectivity index (χ3n) is 2.49. The first kappa shape index (κ1) is 12.4. The molecule has 0 fully saturated rings. The van der Waals surface area contributed by atoms with Crippen LogP contribution in [0.5, 0.6) is 0 Å². The topological polar surface area (TPSA) is 0 Å². The van der Waals surface area contributed by atoms with E-state index in [9.17, 15) is 8.78 Å². The summed E-state index contributed by atoms with van der Waals surface area (Å²) in [4.78, 5) is 0. The van der Waals surface area contributed by atoms with Crippen molar-refractivity contribution in [1.29, 1.82) is 0 Å². The zero-order valence-corrected chi connectivity index (χ0v) is 9.91. The summed E-state index contributed by atoms with van der Waals surface area (Å²) in [5.74, 6) is -1.12. The number of aryl methyl sites for hydroxylation is 1. The molecule has 0 N–H and O–H groups in total. The molecule has 0 aliphatic carbocycles. The monoisotopic (exact) mass is 232 g/mol. The molecule has 2 unspecified atom stereocenters. The van der Waals surface area contributed by atoms with Crippen molar-refractivity contribution in [3.05, 3.63) is 34.9 Å². The maximum absolute atomic E-state index is 13.7. The van der Waals surface area contributed by atoms with E-state index in [1.807, 2.05) is 6.92 Å². The Morgan fingerprint density at radius 1 is 1.27 bits per heavy atom. The highest BCUT2D eigenvalue weighted by Crippen LogP contribution is 2.28. The quantitative estimate of drug-likeness (QED) is 0.678. The molecule has 1 rings (SSSR count). The number of hydrogen-bond donors (Lipinski definition) is 0. The van der Waals surface area contributed by atoms with Gasteiger partial charge in [-0.1, -0.05) is 13.0 Å². The third kappa shape index (κ3) is 2.91. The molecule has 0 radical (unpaired) electrons. The highest BCUT2D eigenvalue weighted by Gasteiger charge is 2.19. The minimum Gasteiger partial charge on any atom is -0.207 e. The number of benzene rings is 1. The minimum absolute atomic E-state index is 0.0840. The molecule has 2 atom stereocenters. The van der Waals surface area contributed by atoms with Crippen molar-refractivity contribution in [2.45, 2.75) is 38.5 Å². The van der Waals surface area contributed by atoms with E-state index in [4.69, 9.17) is 11.6 Å². The van der Waals surface area contributed by atoms with Crippen LogP contribution in [0.4, 0.5) is 8.78 Å². The summed E-state index contributed by atoms with van der Waals surface area (Å²) in [6.07, 6.45) is 0.568. The summed E-state index contributed by atoms with van der Waals surface area (Å²) >= 11 is 5.82. The lowest BCUT2D eigenvalue weighted by Crippen LogP contribution is -2.07. The summed E-state index contributed by atoms with van der Waals surface area (Å²) < 4.78 is 27.1. The van der Waals surface area contributed by atoms with Gasteiger partial charge in [0.2, 0.25) is 0 Å². The van der Waals surface area contributed by atoms with E-state index in [-0.39, 0.29) is 16.9 Å². The molecule has 0 spiro atoms. The molecule has 1 aromatic rings. The molecule has 0 bridgehead atoms. The molecule has 0 aliphatic heterocycles. The Kier molecular flexibility index (Phi) is 4.09. The largest absolute Gasteiger partial charge is 0.207 e. The van der Waals surface area contributed by atoms with Crippen molar-refractivity contribution in [1.82, 2.24) is 0 Å². The second kappa shape index (κ2) is 4.93. The van der Waals surface area contributed by atoms with Crippen LogP contribution < -0.4 is 0 Å². The van der Waals surface area contributed by atoms with Gasteiger partial charge in [0, 0.05) is 10.9 Å². The molecule has 0 aliphatic rings. The van der Waals surface area contributed by atoms with Gasteiger partial charge in [0.05, 0.1) is 0 Å². The zero-order valence-electron chi connectivity index (χ0n) is 9.15. The van der Waals surface area contributed by atoms with Crippen molar-refractivity contribution in [2.24, 2.45) is 0 Å². The zero-order chi connectivity index (χ0) is 11.6. The van der Waals surface area contributed by atoms with E-state index in [0.717, 1.165) is 0 Å². The summed E-state index contributed by atoms with van der Waals surface area (Å²) in [5.41, 5.74) is 0.628. The second-order valence-electron chi connectivity index (χ2n) is 4.01. The third-order valence-corrected chi connectivity index (χ3v) is 2.67. The molecule has 0 amide bonds. The molecule has 0 saturated carbocycles. The molecule has 1 aromatic carbocycles. The lowest BCUT2D eigenvalue weighted by atomic mass is 9.94. The fourth-order valence-corrected chi connectivity index (χ4v) is 2.00. The highest BCUT2D eigenvalue weighted by atomic mass is 35.5. The van der Waals surface area contributed by atoms with Crippen LogP contribution in [-0.2, 0) is 0 Å². The molecular weight excluding hydrogens is 218 g/mol. The summed E-state index contributed by atoms with van der Waals surface area (Å²) in [6.45, 7) is 5.25. The van der Waals surface area contributed by atoms with Gasteiger partial charge < -0.3 is 0 Å². The highest BCUT2D eigenvalue weighted by molar-refractivity contribution is 6.20. The van der Waals surface area contributed by atoms with Crippen LogP contribution in [0.25, 0.3) is 0 Å². The van der Waals surface area contributed by atoms with E-state index < -0.39 is 11.6 Å². The Hall–Kier alpha value is -0.630. The van der Waals surface area contributed by atoms with Gasteiger partial charge in [0.25, 0.3) is 0 Å². The molecule has 0 saturated heterocycles. The van der Waals surface area contributed by atoms with Gasteiger partial charge in [0.1, 0.15) is 11.6 Å². The van der Waals surface area contributed by atoms with E-state index in [0.29, 0.717) is 12.0 Å². The number of rotatable bonds is 3. The smallest absolute Gasteiger partial charge is 0.132 e. The van der Waals surface area contributed by atoms with Crippen molar-refractivity contribution in [3.63, 3.8) is 0 Å². The number of hydrogen-bond acceptors (Lipinski definition) is 0. The second-order valence-corrected chi connectivity index (χ2v) is 4.75. The van der Waals surface area contributed by atoms with Crippen LogP contribution in [0.1, 0.15) is 37.3 Å². The maximum Gasteiger partial charge on any atom is 0.132 e. The van der Waals surface area contributed by atoms with Gasteiger partial charge in [-0.25, -0.2) is 8.78 Å². The SMILES string of the molecule is Cc1ccc(F)c(C(C)CC(C)Cl)c1F. The summed E-state index contributed by atoms with van der Waals surface area (Å²) in [6, 6.07) is 2.76. The first-order chi connectivity index (χ1) is 6.93. The average Bonchev–Trinajstić information content (AvgIpc) is 2.11. The van der Waals surface area contributed by atoms with Crippen LogP contribution in [0.3, 0.4) is 0 Å². The predicted molar refractivity (Wildman–Crippen MR) is 59.4 cm³/mol. The normalized spacial score (nSPS) is 15.1. The summed E-state index contributed by atoms with van der Waals surface area (Å²) in [7, 11) is 0. The molecule has 0 nitrogen and oxygen atoms in total. The molecule has 3 heteroatoms. The van der Waals surface area contributed by atoms with Crippen molar-refractivity contribution in [2.75, 3.05) is 0 Å². The Morgan fingerprint density at radius 2 is 1.87 bits per heavy atom. The van der Waals surface area contributed by atoms with E-state index >= 15 is 0 Å². The minimum atomic E-state index is -0.483.